The fourth-order valence-corrected chi connectivity index (χ4v) is 2.74. The van der Waals surface area contributed by atoms with Gasteiger partial charge in [-0.3, -0.25) is 9.78 Å². The fraction of sp³-hybridized carbons (Fsp3) is 0.333. The number of aryl methyl sites for hydroxylation is 1. The van der Waals surface area contributed by atoms with Crippen LogP contribution in [0.5, 0.6) is 0 Å². The van der Waals surface area contributed by atoms with Crippen molar-refractivity contribution in [3.8, 4) is 11.3 Å². The standard InChI is InChI=1S/C18H21N3O2/c1-13-5-7-20-16(9-13)14-3-2-4-15(10-14)17(22)21-12-18(23)6-8-19-11-18/h2-5,7,9-10,19,23H,6,8,11-12H2,1H3,(H,21,22)/t18-/m0/s1. The van der Waals surface area contributed by atoms with Crippen molar-refractivity contribution in [1.29, 1.82) is 0 Å². The highest BCUT2D eigenvalue weighted by Gasteiger charge is 2.31. The van der Waals surface area contributed by atoms with Gasteiger partial charge in [0.15, 0.2) is 0 Å². The summed E-state index contributed by atoms with van der Waals surface area (Å²) in [6.07, 6.45) is 2.42. The first-order valence-electron chi connectivity index (χ1n) is 7.80. The fourth-order valence-electron chi connectivity index (χ4n) is 2.74. The molecule has 1 aromatic heterocycles. The number of benzene rings is 1. The molecular weight excluding hydrogens is 290 g/mol. The summed E-state index contributed by atoms with van der Waals surface area (Å²) in [6.45, 7) is 3.56. The second-order valence-corrected chi connectivity index (χ2v) is 6.13. The highest BCUT2D eigenvalue weighted by atomic mass is 16.3. The van der Waals surface area contributed by atoms with Crippen molar-refractivity contribution >= 4 is 5.91 Å². The van der Waals surface area contributed by atoms with Gasteiger partial charge in [0.2, 0.25) is 0 Å². The Hall–Kier alpha value is -2.24. The van der Waals surface area contributed by atoms with E-state index in [9.17, 15) is 9.90 Å². The molecule has 120 valence electrons. The van der Waals surface area contributed by atoms with E-state index in [0.717, 1.165) is 23.4 Å². The molecular formula is C18H21N3O2. The second-order valence-electron chi connectivity index (χ2n) is 6.13. The minimum atomic E-state index is -0.842. The first kappa shape index (κ1) is 15.6. The average molecular weight is 311 g/mol. The molecule has 5 heteroatoms. The molecule has 0 radical (unpaired) electrons. The Labute approximate surface area is 135 Å². The van der Waals surface area contributed by atoms with Gasteiger partial charge in [0.25, 0.3) is 5.91 Å². The number of carbonyl (C=O) groups excluding carboxylic acids is 1. The van der Waals surface area contributed by atoms with Crippen LogP contribution in [0, 0.1) is 6.92 Å². The van der Waals surface area contributed by atoms with E-state index in [4.69, 9.17) is 0 Å². The van der Waals surface area contributed by atoms with Crippen LogP contribution in [0.4, 0.5) is 0 Å². The molecule has 1 saturated heterocycles. The van der Waals surface area contributed by atoms with Crippen molar-refractivity contribution in [1.82, 2.24) is 15.6 Å². The van der Waals surface area contributed by atoms with Gasteiger partial charge in [-0.05, 0) is 49.7 Å². The van der Waals surface area contributed by atoms with Crippen LogP contribution in [0.2, 0.25) is 0 Å². The molecule has 2 heterocycles. The first-order valence-corrected chi connectivity index (χ1v) is 7.80. The smallest absolute Gasteiger partial charge is 0.251 e. The maximum absolute atomic E-state index is 12.3. The Kier molecular flexibility index (Phi) is 4.41. The third kappa shape index (κ3) is 3.75. The number of nitrogens with one attached hydrogen (secondary N) is 2. The summed E-state index contributed by atoms with van der Waals surface area (Å²) in [5.74, 6) is -0.181. The van der Waals surface area contributed by atoms with Crippen molar-refractivity contribution < 1.29 is 9.90 Å². The maximum Gasteiger partial charge on any atom is 0.251 e. The van der Waals surface area contributed by atoms with Gasteiger partial charge < -0.3 is 15.7 Å². The third-order valence-corrected chi connectivity index (χ3v) is 4.14. The lowest BCUT2D eigenvalue weighted by Gasteiger charge is -2.21. The molecule has 0 saturated carbocycles. The molecule has 1 amide bonds. The molecule has 3 rings (SSSR count). The number of aliphatic hydroxyl groups is 1. The Balaban J connectivity index is 1.73. The van der Waals surface area contributed by atoms with Crippen LogP contribution >= 0.6 is 0 Å². The molecule has 1 fully saturated rings. The van der Waals surface area contributed by atoms with E-state index in [0.29, 0.717) is 18.5 Å². The predicted molar refractivity (Wildman–Crippen MR) is 89.2 cm³/mol. The molecule has 0 aliphatic carbocycles. The molecule has 0 unspecified atom stereocenters. The number of amides is 1. The van der Waals surface area contributed by atoms with Crippen LogP contribution in [-0.4, -0.2) is 41.2 Å². The highest BCUT2D eigenvalue weighted by Crippen LogP contribution is 2.19. The number of aromatic nitrogens is 1. The Morgan fingerprint density at radius 2 is 2.26 bits per heavy atom. The number of nitrogens with zero attached hydrogens (tertiary/aromatic N) is 1. The van der Waals surface area contributed by atoms with E-state index in [-0.39, 0.29) is 12.5 Å². The highest BCUT2D eigenvalue weighted by molar-refractivity contribution is 5.95. The molecule has 0 spiro atoms. The number of rotatable bonds is 4. The summed E-state index contributed by atoms with van der Waals surface area (Å²) in [6, 6.07) is 11.3. The Morgan fingerprint density at radius 1 is 1.39 bits per heavy atom. The molecule has 5 nitrogen and oxygen atoms in total. The molecule has 1 atom stereocenters. The van der Waals surface area contributed by atoms with Gasteiger partial charge in [0.1, 0.15) is 0 Å². The summed E-state index contributed by atoms with van der Waals surface area (Å²) >= 11 is 0. The minimum Gasteiger partial charge on any atom is -0.387 e. The zero-order valence-electron chi connectivity index (χ0n) is 13.2. The van der Waals surface area contributed by atoms with Crippen LogP contribution in [0.1, 0.15) is 22.3 Å². The van der Waals surface area contributed by atoms with Crippen molar-refractivity contribution in [2.45, 2.75) is 18.9 Å². The quantitative estimate of drug-likeness (QED) is 0.800. The minimum absolute atomic E-state index is 0.181. The summed E-state index contributed by atoms with van der Waals surface area (Å²) in [4.78, 5) is 16.7. The van der Waals surface area contributed by atoms with Crippen molar-refractivity contribution in [2.24, 2.45) is 0 Å². The van der Waals surface area contributed by atoms with Crippen molar-refractivity contribution in [3.63, 3.8) is 0 Å². The lowest BCUT2D eigenvalue weighted by Crippen LogP contribution is -2.44. The SMILES string of the molecule is Cc1ccnc(-c2cccc(C(=O)NC[C@]3(O)CCNC3)c2)c1. The largest absolute Gasteiger partial charge is 0.387 e. The van der Waals surface area contributed by atoms with Crippen LogP contribution < -0.4 is 10.6 Å². The molecule has 2 aromatic rings. The second kappa shape index (κ2) is 6.48. The lowest BCUT2D eigenvalue weighted by atomic mass is 10.0. The zero-order valence-corrected chi connectivity index (χ0v) is 13.2. The molecule has 3 N–H and O–H groups in total. The van der Waals surface area contributed by atoms with E-state index < -0.39 is 5.60 Å². The Bertz CT molecular complexity index is 709. The van der Waals surface area contributed by atoms with E-state index >= 15 is 0 Å². The van der Waals surface area contributed by atoms with E-state index in [1.54, 1.807) is 12.3 Å². The normalized spacial score (nSPS) is 20.4. The number of pyridine rings is 1. The zero-order chi connectivity index (χ0) is 16.3. The van der Waals surface area contributed by atoms with Crippen molar-refractivity contribution in [2.75, 3.05) is 19.6 Å². The number of hydrogen-bond donors (Lipinski definition) is 3. The average Bonchev–Trinajstić information content (AvgIpc) is 3.00. The van der Waals surface area contributed by atoms with E-state index in [2.05, 4.69) is 15.6 Å². The molecule has 23 heavy (non-hydrogen) atoms. The van der Waals surface area contributed by atoms with Gasteiger partial charge >= 0.3 is 0 Å². The summed E-state index contributed by atoms with van der Waals surface area (Å²) in [5, 5.41) is 16.2. The van der Waals surface area contributed by atoms with Gasteiger partial charge in [-0.1, -0.05) is 12.1 Å². The molecule has 1 aromatic carbocycles. The summed E-state index contributed by atoms with van der Waals surface area (Å²) < 4.78 is 0. The molecule has 1 aliphatic heterocycles. The monoisotopic (exact) mass is 311 g/mol. The molecule has 1 aliphatic rings. The van der Waals surface area contributed by atoms with Crippen molar-refractivity contribution in [3.05, 3.63) is 53.7 Å². The number of hydrogen-bond acceptors (Lipinski definition) is 4. The summed E-state index contributed by atoms with van der Waals surface area (Å²) in [5.41, 5.74) is 2.60. The predicted octanol–water partition coefficient (Wildman–Crippen LogP) is 1.51. The van der Waals surface area contributed by atoms with Crippen LogP contribution in [-0.2, 0) is 0 Å². The summed E-state index contributed by atoms with van der Waals surface area (Å²) in [7, 11) is 0. The van der Waals surface area contributed by atoms with Gasteiger partial charge in [0.05, 0.1) is 11.3 Å². The topological polar surface area (TPSA) is 74.2 Å². The number of β-amino-alcohol motifs (C(OH)–C–C–N with tert-alkyl or cyclic N) is 1. The van der Waals surface area contributed by atoms with Crippen LogP contribution in [0.3, 0.4) is 0 Å². The Morgan fingerprint density at radius 3 is 3.00 bits per heavy atom. The van der Waals surface area contributed by atoms with E-state index in [1.807, 2.05) is 37.3 Å². The van der Waals surface area contributed by atoms with Crippen LogP contribution in [0.15, 0.2) is 42.6 Å². The maximum atomic E-state index is 12.3. The third-order valence-electron chi connectivity index (χ3n) is 4.14. The first-order chi connectivity index (χ1) is 11.1. The molecule has 0 bridgehead atoms. The van der Waals surface area contributed by atoms with Gasteiger partial charge in [0, 0.05) is 30.4 Å². The van der Waals surface area contributed by atoms with E-state index in [1.165, 1.54) is 0 Å². The van der Waals surface area contributed by atoms with Gasteiger partial charge in [-0.25, -0.2) is 0 Å². The van der Waals surface area contributed by atoms with Gasteiger partial charge in [-0.15, -0.1) is 0 Å². The van der Waals surface area contributed by atoms with Gasteiger partial charge in [-0.2, -0.15) is 0 Å². The number of carbonyl (C=O) groups is 1. The lowest BCUT2D eigenvalue weighted by molar-refractivity contribution is 0.0562. The van der Waals surface area contributed by atoms with Crippen LogP contribution in [0.25, 0.3) is 11.3 Å².